The van der Waals surface area contributed by atoms with Crippen molar-refractivity contribution in [1.82, 2.24) is 10.1 Å². The van der Waals surface area contributed by atoms with Crippen LogP contribution >= 0.6 is 11.6 Å². The molecule has 1 aromatic heterocycles. The standard InChI is InChI=1S/C22H25ClN2O4/c1-14-20(21(24-29-14)16-9-3-4-10-17(16)23)22(27)28-13-19(26)25-12-6-8-15-7-2-5-11-18(15)25/h3-4,9-10,15,18H,2,5-8,11-13H2,1H3/t15-,18+/m1/s1. The lowest BCUT2D eigenvalue weighted by Gasteiger charge is -2.44. The molecule has 2 heterocycles. The zero-order valence-corrected chi connectivity index (χ0v) is 17.3. The number of carbonyl (C=O) groups excluding carboxylic acids is 2. The van der Waals surface area contributed by atoms with Gasteiger partial charge in [0.05, 0.1) is 5.02 Å². The highest BCUT2D eigenvalue weighted by atomic mass is 35.5. The number of fused-ring (bicyclic) bond motifs is 1. The molecule has 29 heavy (non-hydrogen) atoms. The van der Waals surface area contributed by atoms with Crippen molar-refractivity contribution < 1.29 is 18.8 Å². The minimum Gasteiger partial charge on any atom is -0.452 e. The number of benzene rings is 1. The van der Waals surface area contributed by atoms with Crippen molar-refractivity contribution in [3.63, 3.8) is 0 Å². The van der Waals surface area contributed by atoms with Gasteiger partial charge < -0.3 is 14.2 Å². The number of hydrogen-bond acceptors (Lipinski definition) is 5. The molecule has 2 fully saturated rings. The van der Waals surface area contributed by atoms with Crippen molar-refractivity contribution in [2.75, 3.05) is 13.2 Å². The first-order chi connectivity index (χ1) is 14.1. The average Bonchev–Trinajstić information content (AvgIpc) is 3.13. The summed E-state index contributed by atoms with van der Waals surface area (Å²) in [5.41, 5.74) is 1.13. The minimum atomic E-state index is -0.621. The van der Waals surface area contributed by atoms with Gasteiger partial charge in [-0.05, 0) is 44.6 Å². The van der Waals surface area contributed by atoms with Gasteiger partial charge in [-0.1, -0.05) is 47.8 Å². The molecule has 2 aliphatic rings. The molecule has 0 radical (unpaired) electrons. The van der Waals surface area contributed by atoms with Crippen molar-refractivity contribution >= 4 is 23.5 Å². The summed E-state index contributed by atoms with van der Waals surface area (Å²) in [5, 5.41) is 4.44. The monoisotopic (exact) mass is 416 g/mol. The molecule has 2 atom stereocenters. The van der Waals surface area contributed by atoms with Gasteiger partial charge in [0.25, 0.3) is 5.91 Å². The third kappa shape index (κ3) is 4.04. The summed E-state index contributed by atoms with van der Waals surface area (Å²) < 4.78 is 10.6. The number of rotatable bonds is 4. The predicted octanol–water partition coefficient (Wildman–Crippen LogP) is 4.64. The van der Waals surface area contributed by atoms with Gasteiger partial charge in [-0.2, -0.15) is 0 Å². The zero-order chi connectivity index (χ0) is 20.4. The van der Waals surface area contributed by atoms with Crippen LogP contribution in [0.2, 0.25) is 5.02 Å². The molecule has 1 aliphatic carbocycles. The van der Waals surface area contributed by atoms with Gasteiger partial charge in [-0.3, -0.25) is 4.79 Å². The molecule has 1 saturated carbocycles. The first-order valence-corrected chi connectivity index (χ1v) is 10.6. The average molecular weight is 417 g/mol. The van der Waals surface area contributed by atoms with Gasteiger partial charge in [0, 0.05) is 18.2 Å². The Balaban J connectivity index is 1.46. The molecule has 0 N–H and O–H groups in total. The Morgan fingerprint density at radius 3 is 2.79 bits per heavy atom. The van der Waals surface area contributed by atoms with Crippen molar-refractivity contribution in [1.29, 1.82) is 0 Å². The SMILES string of the molecule is Cc1onc(-c2ccccc2Cl)c1C(=O)OCC(=O)N1CCC[C@H]2CCCC[C@@H]21. The molecule has 0 unspecified atom stereocenters. The van der Waals surface area contributed by atoms with E-state index in [9.17, 15) is 9.59 Å². The van der Waals surface area contributed by atoms with Gasteiger partial charge in [0.15, 0.2) is 6.61 Å². The van der Waals surface area contributed by atoms with Gasteiger partial charge >= 0.3 is 5.97 Å². The predicted molar refractivity (Wildman–Crippen MR) is 109 cm³/mol. The fourth-order valence-electron chi connectivity index (χ4n) is 4.67. The summed E-state index contributed by atoms with van der Waals surface area (Å²) in [6.07, 6.45) is 6.85. The summed E-state index contributed by atoms with van der Waals surface area (Å²) in [7, 11) is 0. The molecule has 6 nitrogen and oxygen atoms in total. The largest absolute Gasteiger partial charge is 0.452 e. The van der Waals surface area contributed by atoms with Gasteiger partial charge in [-0.25, -0.2) is 4.79 Å². The van der Waals surface area contributed by atoms with Gasteiger partial charge in [-0.15, -0.1) is 0 Å². The quantitative estimate of drug-likeness (QED) is 0.679. The molecule has 1 aromatic carbocycles. The Hall–Kier alpha value is -2.34. The molecule has 1 saturated heterocycles. The van der Waals surface area contributed by atoms with Crippen LogP contribution in [0.15, 0.2) is 28.8 Å². The maximum absolute atomic E-state index is 12.8. The second-order valence-corrected chi connectivity index (χ2v) is 8.27. The number of piperidine rings is 1. The van der Waals surface area contributed by atoms with E-state index in [1.165, 1.54) is 19.3 Å². The summed E-state index contributed by atoms with van der Waals surface area (Å²) in [6, 6.07) is 7.38. The van der Waals surface area contributed by atoms with Gasteiger partial charge in [0.1, 0.15) is 17.0 Å². The molecule has 154 valence electrons. The number of aryl methyl sites for hydroxylation is 1. The number of amides is 1. The first-order valence-electron chi connectivity index (χ1n) is 10.2. The number of halogens is 1. The molecule has 4 rings (SSSR count). The normalized spacial score (nSPS) is 21.5. The Bertz CT molecular complexity index is 908. The lowest BCUT2D eigenvalue weighted by molar-refractivity contribution is -0.140. The zero-order valence-electron chi connectivity index (χ0n) is 16.5. The van der Waals surface area contributed by atoms with E-state index in [0.29, 0.717) is 34.0 Å². The number of nitrogens with zero attached hydrogens (tertiary/aromatic N) is 2. The molecule has 1 amide bonds. The number of hydrogen-bond donors (Lipinski definition) is 0. The number of likely N-dealkylation sites (tertiary alicyclic amines) is 1. The van der Waals surface area contributed by atoms with Crippen LogP contribution in [0.25, 0.3) is 11.3 Å². The first kappa shape index (κ1) is 20.0. The van der Waals surface area contributed by atoms with E-state index in [1.54, 1.807) is 31.2 Å². The van der Waals surface area contributed by atoms with Crippen LogP contribution in [0.5, 0.6) is 0 Å². The smallest absolute Gasteiger partial charge is 0.344 e. The van der Waals surface area contributed by atoms with E-state index >= 15 is 0 Å². The second kappa shape index (κ2) is 8.57. The Labute approximate surface area is 175 Å². The highest BCUT2D eigenvalue weighted by Crippen LogP contribution is 2.35. The highest BCUT2D eigenvalue weighted by Gasteiger charge is 2.36. The molecular weight excluding hydrogens is 392 g/mol. The summed E-state index contributed by atoms with van der Waals surface area (Å²) >= 11 is 6.24. The van der Waals surface area contributed by atoms with Crippen LogP contribution < -0.4 is 0 Å². The number of aromatic nitrogens is 1. The lowest BCUT2D eigenvalue weighted by Crippen LogP contribution is -2.50. The molecular formula is C22H25ClN2O4. The summed E-state index contributed by atoms with van der Waals surface area (Å²) in [6.45, 7) is 2.12. The van der Waals surface area contributed by atoms with Crippen molar-refractivity contribution in [3.05, 3.63) is 40.6 Å². The van der Waals surface area contributed by atoms with Crippen LogP contribution in [0.1, 0.15) is 54.6 Å². The molecule has 7 heteroatoms. The van der Waals surface area contributed by atoms with Crippen molar-refractivity contribution in [2.45, 2.75) is 51.5 Å². The van der Waals surface area contributed by atoms with Crippen LogP contribution in [-0.4, -0.2) is 41.1 Å². The maximum atomic E-state index is 12.8. The number of esters is 1. The fourth-order valence-corrected chi connectivity index (χ4v) is 4.89. The van der Waals surface area contributed by atoms with E-state index in [4.69, 9.17) is 20.9 Å². The molecule has 0 bridgehead atoms. The van der Waals surface area contributed by atoms with Crippen LogP contribution in [0.3, 0.4) is 0 Å². The van der Waals surface area contributed by atoms with Crippen molar-refractivity contribution in [2.24, 2.45) is 5.92 Å². The Kier molecular flexibility index (Phi) is 5.90. The molecule has 1 aliphatic heterocycles. The highest BCUT2D eigenvalue weighted by molar-refractivity contribution is 6.33. The van der Waals surface area contributed by atoms with E-state index < -0.39 is 5.97 Å². The Morgan fingerprint density at radius 2 is 1.97 bits per heavy atom. The minimum absolute atomic E-state index is 0.122. The van der Waals surface area contributed by atoms with Gasteiger partial charge in [0.2, 0.25) is 0 Å². The summed E-state index contributed by atoms with van der Waals surface area (Å²) in [4.78, 5) is 27.5. The molecule has 0 spiro atoms. The topological polar surface area (TPSA) is 72.6 Å². The number of carbonyl (C=O) groups is 2. The second-order valence-electron chi connectivity index (χ2n) is 7.86. The van der Waals surface area contributed by atoms with E-state index in [2.05, 4.69) is 5.16 Å². The van der Waals surface area contributed by atoms with Crippen molar-refractivity contribution in [3.8, 4) is 11.3 Å². The van der Waals surface area contributed by atoms with E-state index in [1.807, 2.05) is 4.90 Å². The van der Waals surface area contributed by atoms with Crippen LogP contribution in [-0.2, 0) is 9.53 Å². The van der Waals surface area contributed by atoms with E-state index in [-0.39, 0.29) is 18.1 Å². The van der Waals surface area contributed by atoms with Crippen LogP contribution in [0.4, 0.5) is 0 Å². The maximum Gasteiger partial charge on any atom is 0.344 e. The third-order valence-electron chi connectivity index (χ3n) is 6.09. The lowest BCUT2D eigenvalue weighted by atomic mass is 9.78. The molecule has 2 aromatic rings. The number of ether oxygens (including phenoxy) is 1. The van der Waals surface area contributed by atoms with Crippen LogP contribution in [0, 0.1) is 12.8 Å². The summed E-state index contributed by atoms with van der Waals surface area (Å²) in [5.74, 6) is 0.180. The fraction of sp³-hybridized carbons (Fsp3) is 0.500. The Morgan fingerprint density at radius 1 is 1.21 bits per heavy atom. The third-order valence-corrected chi connectivity index (χ3v) is 6.42. The van der Waals surface area contributed by atoms with E-state index in [0.717, 1.165) is 25.8 Å².